The molecular weight excluding hydrogens is 362 g/mol. The lowest BCUT2D eigenvalue weighted by Crippen LogP contribution is -2.28. The third-order valence-corrected chi connectivity index (χ3v) is 4.70. The quantitative estimate of drug-likeness (QED) is 0.891. The monoisotopic (exact) mass is 377 g/mol. The first-order valence-electron chi connectivity index (χ1n) is 7.25. The highest BCUT2D eigenvalue weighted by molar-refractivity contribution is 9.10. The predicted octanol–water partition coefficient (Wildman–Crippen LogP) is 3.05. The van der Waals surface area contributed by atoms with Crippen molar-refractivity contribution in [1.29, 1.82) is 0 Å². The molecule has 0 spiro atoms. The molecule has 120 valence electrons. The van der Waals surface area contributed by atoms with Gasteiger partial charge in [-0.3, -0.25) is 9.59 Å². The molecule has 7 heteroatoms. The number of halogens is 1. The summed E-state index contributed by atoms with van der Waals surface area (Å²) in [6, 6.07) is 7.37. The number of nitrogens with zero attached hydrogens (tertiary/aromatic N) is 2. The highest BCUT2D eigenvalue weighted by Crippen LogP contribution is 2.29. The Morgan fingerprint density at radius 1 is 1.39 bits per heavy atom. The summed E-state index contributed by atoms with van der Waals surface area (Å²) >= 11 is 3.47. The van der Waals surface area contributed by atoms with Gasteiger partial charge >= 0.3 is 0 Å². The topological polar surface area (TPSA) is 75.4 Å². The largest absolute Gasteiger partial charge is 0.360 e. The summed E-state index contributed by atoms with van der Waals surface area (Å²) in [5.41, 5.74) is 1.89. The molecule has 1 aliphatic heterocycles. The Bertz CT molecular complexity index is 772. The molecular formula is C16H16BrN3O3. The summed E-state index contributed by atoms with van der Waals surface area (Å²) < 4.78 is 5.86. The van der Waals surface area contributed by atoms with Gasteiger partial charge in [0.25, 0.3) is 0 Å². The zero-order valence-corrected chi connectivity index (χ0v) is 14.4. The van der Waals surface area contributed by atoms with Crippen LogP contribution in [0.15, 0.2) is 33.3 Å². The third-order valence-electron chi connectivity index (χ3n) is 3.84. The first-order chi connectivity index (χ1) is 10.9. The van der Waals surface area contributed by atoms with Crippen molar-refractivity contribution >= 4 is 39.2 Å². The maximum atomic E-state index is 12.3. The fourth-order valence-electron chi connectivity index (χ4n) is 2.54. The minimum Gasteiger partial charge on any atom is -0.360 e. The normalized spacial score (nSPS) is 17.6. The fraction of sp³-hybridized carbons (Fsp3) is 0.312. The van der Waals surface area contributed by atoms with Gasteiger partial charge in [0.05, 0.1) is 5.92 Å². The smallest absolute Gasteiger partial charge is 0.231 e. The predicted molar refractivity (Wildman–Crippen MR) is 89.2 cm³/mol. The van der Waals surface area contributed by atoms with Crippen LogP contribution in [0.1, 0.15) is 17.7 Å². The molecule has 1 atom stereocenters. The number of aromatic nitrogens is 1. The van der Waals surface area contributed by atoms with E-state index in [0.717, 1.165) is 15.7 Å². The van der Waals surface area contributed by atoms with Crippen LogP contribution in [-0.4, -0.2) is 23.5 Å². The Kier molecular flexibility index (Phi) is 4.21. The number of carbonyl (C=O) groups is 2. The molecule has 0 bridgehead atoms. The molecule has 0 saturated carbocycles. The van der Waals surface area contributed by atoms with Gasteiger partial charge in [0.15, 0.2) is 5.82 Å². The van der Waals surface area contributed by atoms with E-state index in [1.165, 1.54) is 0 Å². The van der Waals surface area contributed by atoms with Crippen molar-refractivity contribution in [1.82, 2.24) is 5.16 Å². The highest BCUT2D eigenvalue weighted by atomic mass is 79.9. The van der Waals surface area contributed by atoms with Gasteiger partial charge < -0.3 is 14.7 Å². The molecule has 1 aromatic heterocycles. The first-order valence-corrected chi connectivity index (χ1v) is 8.04. The molecule has 2 aromatic rings. The number of nitrogens with one attached hydrogen (secondary N) is 1. The molecule has 3 rings (SSSR count). The van der Waals surface area contributed by atoms with Gasteiger partial charge in [0, 0.05) is 29.2 Å². The van der Waals surface area contributed by atoms with E-state index in [1.54, 1.807) is 17.9 Å². The van der Waals surface area contributed by atoms with Crippen LogP contribution >= 0.6 is 15.9 Å². The summed E-state index contributed by atoms with van der Waals surface area (Å²) in [5, 5.41) is 6.42. The lowest BCUT2D eigenvalue weighted by Gasteiger charge is -2.17. The number of carbonyl (C=O) groups excluding carboxylic acids is 2. The number of hydrogen-bond acceptors (Lipinski definition) is 4. The zero-order valence-electron chi connectivity index (χ0n) is 12.8. The number of aryl methyl sites for hydroxylation is 2. The number of rotatable bonds is 3. The van der Waals surface area contributed by atoms with E-state index in [1.807, 2.05) is 25.1 Å². The zero-order chi connectivity index (χ0) is 16.6. The van der Waals surface area contributed by atoms with Crippen LogP contribution in [0.2, 0.25) is 0 Å². The average molecular weight is 378 g/mol. The lowest BCUT2D eigenvalue weighted by molar-refractivity contribution is -0.122. The molecule has 1 aromatic carbocycles. The van der Waals surface area contributed by atoms with E-state index >= 15 is 0 Å². The molecule has 6 nitrogen and oxygen atoms in total. The van der Waals surface area contributed by atoms with Crippen molar-refractivity contribution < 1.29 is 14.1 Å². The van der Waals surface area contributed by atoms with Crippen molar-refractivity contribution in [3.05, 3.63) is 40.1 Å². The molecule has 1 aliphatic rings. The van der Waals surface area contributed by atoms with E-state index in [9.17, 15) is 9.59 Å². The van der Waals surface area contributed by atoms with Crippen LogP contribution in [0.5, 0.6) is 0 Å². The van der Waals surface area contributed by atoms with Gasteiger partial charge in [-0.1, -0.05) is 27.2 Å². The van der Waals surface area contributed by atoms with Crippen LogP contribution in [0.4, 0.5) is 11.5 Å². The number of benzene rings is 1. The highest BCUT2D eigenvalue weighted by Gasteiger charge is 2.35. The molecule has 2 amide bonds. The standard InChI is InChI=1S/C16H16BrN3O3/c1-9-3-4-12(7-13(9)17)20-8-11(6-15(20)21)16(22)18-14-5-10(2)23-19-14/h3-5,7,11H,6,8H2,1-2H3,(H,18,19,22). The van der Waals surface area contributed by atoms with Crippen molar-refractivity contribution in [2.75, 3.05) is 16.8 Å². The molecule has 1 unspecified atom stereocenters. The third kappa shape index (κ3) is 3.29. The van der Waals surface area contributed by atoms with Crippen LogP contribution < -0.4 is 10.2 Å². The van der Waals surface area contributed by atoms with E-state index in [2.05, 4.69) is 26.4 Å². The Labute approximate surface area is 142 Å². The second-order valence-corrected chi connectivity index (χ2v) is 6.51. The summed E-state index contributed by atoms with van der Waals surface area (Å²) in [4.78, 5) is 26.2. The number of anilines is 2. The summed E-state index contributed by atoms with van der Waals surface area (Å²) in [6.45, 7) is 4.09. The van der Waals surface area contributed by atoms with Gasteiger partial charge in [-0.05, 0) is 31.5 Å². The second-order valence-electron chi connectivity index (χ2n) is 5.65. The van der Waals surface area contributed by atoms with E-state index in [4.69, 9.17) is 4.52 Å². The van der Waals surface area contributed by atoms with E-state index in [-0.39, 0.29) is 18.2 Å². The second kappa shape index (κ2) is 6.16. The molecule has 0 radical (unpaired) electrons. The first kappa shape index (κ1) is 15.7. The van der Waals surface area contributed by atoms with Crippen LogP contribution in [0, 0.1) is 19.8 Å². The van der Waals surface area contributed by atoms with Crippen LogP contribution in [0.25, 0.3) is 0 Å². The van der Waals surface area contributed by atoms with Gasteiger partial charge in [0.2, 0.25) is 11.8 Å². The van der Waals surface area contributed by atoms with E-state index < -0.39 is 5.92 Å². The lowest BCUT2D eigenvalue weighted by atomic mass is 10.1. The molecule has 23 heavy (non-hydrogen) atoms. The molecule has 0 aliphatic carbocycles. The maximum Gasteiger partial charge on any atom is 0.231 e. The van der Waals surface area contributed by atoms with Gasteiger partial charge in [-0.2, -0.15) is 0 Å². The SMILES string of the molecule is Cc1cc(NC(=O)C2CC(=O)N(c3ccc(C)c(Br)c3)C2)no1. The van der Waals surface area contributed by atoms with E-state index in [0.29, 0.717) is 18.1 Å². The van der Waals surface area contributed by atoms with Gasteiger partial charge in [-0.25, -0.2) is 0 Å². The van der Waals surface area contributed by atoms with Crippen molar-refractivity contribution in [2.45, 2.75) is 20.3 Å². The van der Waals surface area contributed by atoms with Crippen molar-refractivity contribution in [2.24, 2.45) is 5.92 Å². The van der Waals surface area contributed by atoms with Crippen LogP contribution in [-0.2, 0) is 9.59 Å². The summed E-state index contributed by atoms with van der Waals surface area (Å²) in [7, 11) is 0. The minimum atomic E-state index is -0.403. The van der Waals surface area contributed by atoms with Crippen molar-refractivity contribution in [3.63, 3.8) is 0 Å². The fourth-order valence-corrected chi connectivity index (χ4v) is 2.90. The summed E-state index contributed by atoms with van der Waals surface area (Å²) in [5.74, 6) is 0.308. The average Bonchev–Trinajstić information content (AvgIpc) is 3.08. The Hall–Kier alpha value is -2.15. The Balaban J connectivity index is 1.71. The summed E-state index contributed by atoms with van der Waals surface area (Å²) in [6.07, 6.45) is 0.189. The molecule has 1 N–H and O–H groups in total. The molecule has 2 heterocycles. The molecule has 1 saturated heterocycles. The van der Waals surface area contributed by atoms with Crippen molar-refractivity contribution in [3.8, 4) is 0 Å². The number of hydrogen-bond donors (Lipinski definition) is 1. The Morgan fingerprint density at radius 2 is 2.17 bits per heavy atom. The number of amides is 2. The van der Waals surface area contributed by atoms with Crippen LogP contribution in [0.3, 0.4) is 0 Å². The molecule has 1 fully saturated rings. The Morgan fingerprint density at radius 3 is 2.83 bits per heavy atom. The van der Waals surface area contributed by atoms with Gasteiger partial charge in [0.1, 0.15) is 5.76 Å². The minimum absolute atomic E-state index is 0.0581. The maximum absolute atomic E-state index is 12.3. The van der Waals surface area contributed by atoms with Gasteiger partial charge in [-0.15, -0.1) is 0 Å².